The molecule has 0 saturated carbocycles. The zero-order chi connectivity index (χ0) is 21.3. The highest BCUT2D eigenvalue weighted by molar-refractivity contribution is 6.31. The molecule has 1 aromatic rings. The first-order valence-corrected chi connectivity index (χ1v) is 10.9. The van der Waals surface area contributed by atoms with Crippen LogP contribution in [0.3, 0.4) is 0 Å². The van der Waals surface area contributed by atoms with Gasteiger partial charge in [-0.05, 0) is 31.2 Å². The smallest absolute Gasteiger partial charge is 0.255 e. The number of anilines is 1. The minimum atomic E-state index is -0.696. The van der Waals surface area contributed by atoms with Gasteiger partial charge in [-0.1, -0.05) is 18.5 Å². The standard InChI is InChI=1S/C21H28ClN5O3/c1-2-25-9-11-26(12-10-25)19(29)14-27-8-7-21(6-5-18(27)28)23-17-4-3-15(22)13-16(17)20(30)24-21/h3-4,13,23H,2,5-12,14H2,1H3,(H,24,30)/t21-/m0/s1. The number of carbonyl (C=O) groups excluding carboxylic acids is 3. The van der Waals surface area contributed by atoms with Crippen LogP contribution in [0.4, 0.5) is 5.69 Å². The van der Waals surface area contributed by atoms with Crippen molar-refractivity contribution < 1.29 is 14.4 Å². The molecule has 3 heterocycles. The maximum Gasteiger partial charge on any atom is 0.255 e. The third-order valence-electron chi connectivity index (χ3n) is 6.38. The van der Waals surface area contributed by atoms with Gasteiger partial charge in [-0.3, -0.25) is 14.4 Å². The van der Waals surface area contributed by atoms with Gasteiger partial charge in [0.05, 0.1) is 12.1 Å². The maximum absolute atomic E-state index is 12.8. The topological polar surface area (TPSA) is 85.0 Å². The SMILES string of the molecule is CCN1CCN(C(=O)CN2CC[C@]3(CCC2=O)NC(=O)c2cc(Cl)ccc2N3)CC1. The summed E-state index contributed by atoms with van der Waals surface area (Å²) >= 11 is 6.01. The van der Waals surface area contributed by atoms with Crippen molar-refractivity contribution in [2.45, 2.75) is 31.8 Å². The van der Waals surface area contributed by atoms with Crippen LogP contribution in [0.2, 0.25) is 5.02 Å². The van der Waals surface area contributed by atoms with Crippen LogP contribution in [0.15, 0.2) is 18.2 Å². The van der Waals surface area contributed by atoms with Crippen molar-refractivity contribution >= 4 is 35.0 Å². The molecule has 1 aromatic carbocycles. The molecule has 0 unspecified atom stereocenters. The van der Waals surface area contributed by atoms with Crippen LogP contribution in [-0.2, 0) is 9.59 Å². The number of likely N-dealkylation sites (N-methyl/N-ethyl adjacent to an activating group) is 1. The Labute approximate surface area is 181 Å². The second kappa shape index (κ2) is 8.43. The van der Waals surface area contributed by atoms with Crippen LogP contribution >= 0.6 is 11.6 Å². The van der Waals surface area contributed by atoms with Gasteiger partial charge >= 0.3 is 0 Å². The number of nitrogens with zero attached hydrogens (tertiary/aromatic N) is 3. The van der Waals surface area contributed by atoms with E-state index in [1.807, 2.05) is 4.90 Å². The molecule has 0 bridgehead atoms. The lowest BCUT2D eigenvalue weighted by Crippen LogP contribution is -2.58. The lowest BCUT2D eigenvalue weighted by atomic mass is 9.95. The van der Waals surface area contributed by atoms with E-state index in [0.717, 1.165) is 19.6 Å². The molecule has 3 aliphatic rings. The van der Waals surface area contributed by atoms with E-state index in [4.69, 9.17) is 11.6 Å². The van der Waals surface area contributed by atoms with Crippen molar-refractivity contribution in [3.05, 3.63) is 28.8 Å². The van der Waals surface area contributed by atoms with Gasteiger partial charge < -0.3 is 25.3 Å². The van der Waals surface area contributed by atoms with Gasteiger partial charge in [0, 0.05) is 56.3 Å². The quantitative estimate of drug-likeness (QED) is 0.752. The summed E-state index contributed by atoms with van der Waals surface area (Å²) in [5.41, 5.74) is 0.522. The second-order valence-corrected chi connectivity index (χ2v) is 8.67. The summed E-state index contributed by atoms with van der Waals surface area (Å²) in [6, 6.07) is 5.17. The Balaban J connectivity index is 1.40. The number of likely N-dealkylation sites (tertiary alicyclic amines) is 1. The Hall–Kier alpha value is -2.32. The van der Waals surface area contributed by atoms with Gasteiger partial charge in [-0.15, -0.1) is 0 Å². The highest BCUT2D eigenvalue weighted by atomic mass is 35.5. The van der Waals surface area contributed by atoms with E-state index < -0.39 is 5.66 Å². The Bertz CT molecular complexity index is 855. The van der Waals surface area contributed by atoms with Crippen LogP contribution < -0.4 is 10.6 Å². The number of piperazine rings is 1. The van der Waals surface area contributed by atoms with Crippen molar-refractivity contribution in [1.29, 1.82) is 0 Å². The molecule has 2 saturated heterocycles. The van der Waals surface area contributed by atoms with E-state index >= 15 is 0 Å². The van der Waals surface area contributed by atoms with Gasteiger partial charge in [0.25, 0.3) is 5.91 Å². The molecule has 1 atom stereocenters. The molecule has 8 nitrogen and oxygen atoms in total. The van der Waals surface area contributed by atoms with Gasteiger partial charge in [-0.2, -0.15) is 0 Å². The number of benzene rings is 1. The molecule has 4 rings (SSSR count). The van der Waals surface area contributed by atoms with Crippen LogP contribution in [0.1, 0.15) is 36.5 Å². The molecular formula is C21H28ClN5O3. The van der Waals surface area contributed by atoms with Crippen molar-refractivity contribution in [2.75, 3.05) is 51.1 Å². The highest BCUT2D eigenvalue weighted by Crippen LogP contribution is 2.33. The zero-order valence-corrected chi connectivity index (χ0v) is 18.0. The van der Waals surface area contributed by atoms with Gasteiger partial charge in [0.1, 0.15) is 5.66 Å². The summed E-state index contributed by atoms with van der Waals surface area (Å²) < 4.78 is 0. The zero-order valence-electron chi connectivity index (χ0n) is 17.2. The normalized spacial score (nSPS) is 24.9. The molecule has 0 aliphatic carbocycles. The average molecular weight is 434 g/mol. The minimum Gasteiger partial charge on any atom is -0.362 e. The van der Waals surface area contributed by atoms with Crippen LogP contribution in [0.5, 0.6) is 0 Å². The van der Waals surface area contributed by atoms with Gasteiger partial charge in [0.2, 0.25) is 11.8 Å². The predicted octanol–water partition coefficient (Wildman–Crippen LogP) is 1.37. The molecule has 3 aliphatic heterocycles. The minimum absolute atomic E-state index is 0.00400. The third kappa shape index (κ3) is 4.25. The number of rotatable bonds is 3. The van der Waals surface area contributed by atoms with E-state index in [1.165, 1.54) is 0 Å². The van der Waals surface area contributed by atoms with Crippen molar-refractivity contribution in [3.63, 3.8) is 0 Å². The molecule has 1 spiro atoms. The summed E-state index contributed by atoms with van der Waals surface area (Å²) in [7, 11) is 0. The van der Waals surface area contributed by atoms with Gasteiger partial charge in [-0.25, -0.2) is 0 Å². The van der Waals surface area contributed by atoms with E-state index in [1.54, 1.807) is 23.1 Å². The third-order valence-corrected chi connectivity index (χ3v) is 6.61. The first kappa shape index (κ1) is 20.9. The van der Waals surface area contributed by atoms with Crippen LogP contribution in [-0.4, -0.2) is 83.9 Å². The first-order valence-electron chi connectivity index (χ1n) is 10.6. The lowest BCUT2D eigenvalue weighted by Gasteiger charge is -2.40. The van der Waals surface area contributed by atoms with Crippen LogP contribution in [0.25, 0.3) is 0 Å². The monoisotopic (exact) mass is 433 g/mol. The fourth-order valence-electron chi connectivity index (χ4n) is 4.43. The number of nitrogens with one attached hydrogen (secondary N) is 2. The largest absolute Gasteiger partial charge is 0.362 e. The molecule has 0 radical (unpaired) electrons. The lowest BCUT2D eigenvalue weighted by molar-refractivity contribution is -0.141. The Kier molecular flexibility index (Phi) is 5.88. The van der Waals surface area contributed by atoms with E-state index in [9.17, 15) is 14.4 Å². The van der Waals surface area contributed by atoms with Crippen molar-refractivity contribution in [2.24, 2.45) is 0 Å². The molecule has 162 valence electrons. The fraction of sp³-hybridized carbons (Fsp3) is 0.571. The maximum atomic E-state index is 12.8. The van der Waals surface area contributed by atoms with E-state index in [2.05, 4.69) is 22.5 Å². The molecule has 30 heavy (non-hydrogen) atoms. The number of hydrogen-bond acceptors (Lipinski definition) is 5. The molecular weight excluding hydrogens is 406 g/mol. The van der Waals surface area contributed by atoms with Crippen LogP contribution in [0, 0.1) is 0 Å². The van der Waals surface area contributed by atoms with Crippen molar-refractivity contribution in [1.82, 2.24) is 20.0 Å². The fourth-order valence-corrected chi connectivity index (χ4v) is 4.61. The number of hydrogen-bond donors (Lipinski definition) is 2. The summed E-state index contributed by atoms with van der Waals surface area (Å²) in [5, 5.41) is 6.95. The first-order chi connectivity index (χ1) is 14.4. The highest BCUT2D eigenvalue weighted by Gasteiger charge is 2.41. The summed E-state index contributed by atoms with van der Waals surface area (Å²) in [5.74, 6) is -0.252. The van der Waals surface area contributed by atoms with E-state index in [-0.39, 0.29) is 30.7 Å². The molecule has 2 fully saturated rings. The van der Waals surface area contributed by atoms with Crippen molar-refractivity contribution in [3.8, 4) is 0 Å². The van der Waals surface area contributed by atoms with Gasteiger partial charge in [0.15, 0.2) is 0 Å². The average Bonchev–Trinajstić information content (AvgIpc) is 2.89. The number of carbonyl (C=O) groups is 3. The Morgan fingerprint density at radius 3 is 2.60 bits per heavy atom. The Morgan fingerprint density at radius 2 is 1.87 bits per heavy atom. The second-order valence-electron chi connectivity index (χ2n) is 8.23. The number of amides is 3. The molecule has 0 aromatic heterocycles. The summed E-state index contributed by atoms with van der Waals surface area (Å²) in [4.78, 5) is 43.9. The molecule has 2 N–H and O–H groups in total. The molecule has 9 heteroatoms. The van der Waals surface area contributed by atoms with E-state index in [0.29, 0.717) is 48.7 Å². The predicted molar refractivity (Wildman–Crippen MR) is 114 cm³/mol. The Morgan fingerprint density at radius 1 is 1.10 bits per heavy atom. The number of fused-ring (bicyclic) bond motifs is 1. The summed E-state index contributed by atoms with van der Waals surface area (Å²) in [6.45, 7) is 6.77. The molecule has 3 amide bonds. The number of halogens is 1. The summed E-state index contributed by atoms with van der Waals surface area (Å²) in [6.07, 6.45) is 1.27.